The Balaban J connectivity index is 0.00000144. The van der Waals surface area contributed by atoms with Crippen LogP contribution in [0, 0.1) is 0 Å². The maximum atomic E-state index is 5.35. The molecule has 0 saturated heterocycles. The minimum Gasteiger partial charge on any atom is -0.657 e. The molecule has 9 heterocycles. The Morgan fingerprint density at radius 1 is 0.439 bits per heavy atom. The predicted octanol–water partition coefficient (Wildman–Crippen LogP) is 7.05. The van der Waals surface area contributed by atoms with Crippen molar-refractivity contribution in [1.82, 2.24) is 9.88 Å². The number of fused-ring (bicyclic) bond motifs is 5. The SMILES string of the molecule is CN1C=CC(=C2C3=NC(=C(c4cc[n+](C)cc4)C4=NC(=C(c5cc[n+](C)cc5)c5ccc([n-]5)C(c5cc[n+](C)cc5)=C5C=CC2=N5)C=C4)C=C3)C=C1.Cl.Cl.Cl.Cl.[Mn+2]. The van der Waals surface area contributed by atoms with Crippen molar-refractivity contribution in [1.29, 1.82) is 0 Å². The van der Waals surface area contributed by atoms with Gasteiger partial charge in [-0.05, 0) is 82.0 Å². The van der Waals surface area contributed by atoms with E-state index in [-0.39, 0.29) is 66.7 Å². The molecule has 0 amide bonds. The van der Waals surface area contributed by atoms with Gasteiger partial charge in [-0.25, -0.2) is 28.7 Å². The number of pyridine rings is 3. The van der Waals surface area contributed by atoms with Gasteiger partial charge < -0.3 is 9.88 Å². The Labute approximate surface area is 368 Å². The summed E-state index contributed by atoms with van der Waals surface area (Å²) < 4.78 is 6.11. The Morgan fingerprint density at radius 2 is 0.772 bits per heavy atom. The molecule has 8 nitrogen and oxygen atoms in total. The van der Waals surface area contributed by atoms with Gasteiger partial charge in [-0.15, -0.1) is 61.0 Å². The largest absolute Gasteiger partial charge is 2.00 e. The second-order valence-corrected chi connectivity index (χ2v) is 13.4. The van der Waals surface area contributed by atoms with Crippen LogP contribution in [0.15, 0.2) is 190 Å². The van der Waals surface area contributed by atoms with Crippen molar-refractivity contribution in [3.63, 3.8) is 0 Å². The van der Waals surface area contributed by atoms with Crippen LogP contribution in [0.4, 0.5) is 0 Å². The van der Waals surface area contributed by atoms with E-state index < -0.39 is 0 Å². The third-order valence-electron chi connectivity index (χ3n) is 9.68. The Kier molecular flexibility index (Phi) is 14.4. The van der Waals surface area contributed by atoms with Crippen molar-refractivity contribution in [3.8, 4) is 0 Å². The average molecular weight is 878 g/mol. The van der Waals surface area contributed by atoms with Crippen molar-refractivity contribution in [3.05, 3.63) is 203 Å². The van der Waals surface area contributed by atoms with E-state index in [1.807, 2.05) is 46.8 Å². The summed E-state index contributed by atoms with van der Waals surface area (Å²) in [5.74, 6) is 0. The molecule has 0 aromatic carbocycles. The molecular formula is C44H40Cl4MnN8+4. The third-order valence-corrected chi connectivity index (χ3v) is 9.68. The van der Waals surface area contributed by atoms with Gasteiger partial charge in [0.25, 0.3) is 0 Å². The number of aliphatic imine (C=N–C) groups is 3. The van der Waals surface area contributed by atoms with Crippen LogP contribution in [0.25, 0.3) is 16.7 Å². The van der Waals surface area contributed by atoms with E-state index in [1.54, 1.807) is 0 Å². The molecule has 5 aliphatic rings. The summed E-state index contributed by atoms with van der Waals surface area (Å²) in [5, 5.41) is 0. The molecule has 57 heavy (non-hydrogen) atoms. The zero-order chi connectivity index (χ0) is 35.3. The summed E-state index contributed by atoms with van der Waals surface area (Å²) in [4.78, 5) is 23.4. The fourth-order valence-electron chi connectivity index (χ4n) is 6.94. The zero-order valence-corrected chi connectivity index (χ0v) is 35.9. The van der Waals surface area contributed by atoms with Gasteiger partial charge in [0.15, 0.2) is 37.2 Å². The first-order valence-electron chi connectivity index (χ1n) is 17.3. The van der Waals surface area contributed by atoms with Gasteiger partial charge in [0.1, 0.15) is 21.1 Å². The number of hydrogen-bond acceptors (Lipinski definition) is 4. The molecule has 4 aromatic rings. The molecule has 0 spiro atoms. The van der Waals surface area contributed by atoms with E-state index in [0.29, 0.717) is 0 Å². The second kappa shape index (κ2) is 18.4. The zero-order valence-electron chi connectivity index (χ0n) is 31.4. The minimum absolute atomic E-state index is 0. The van der Waals surface area contributed by atoms with Crippen LogP contribution < -0.4 is 18.7 Å². The smallest absolute Gasteiger partial charge is 0.657 e. The molecule has 8 bridgehead atoms. The number of rotatable bonds is 3. The van der Waals surface area contributed by atoms with Gasteiger partial charge in [0.05, 0.1) is 34.2 Å². The van der Waals surface area contributed by atoms with Gasteiger partial charge in [-0.1, -0.05) is 12.1 Å². The molecular weight excluding hydrogens is 837 g/mol. The average Bonchev–Trinajstić information content (AvgIpc) is 3.99. The van der Waals surface area contributed by atoms with Gasteiger partial charge >= 0.3 is 17.1 Å². The first-order chi connectivity index (χ1) is 25.4. The molecule has 0 atom stereocenters. The van der Waals surface area contributed by atoms with E-state index in [9.17, 15) is 0 Å². The van der Waals surface area contributed by atoms with Gasteiger partial charge in [-0.2, -0.15) is 0 Å². The van der Waals surface area contributed by atoms with E-state index in [4.69, 9.17) is 20.0 Å². The Hall–Kier alpha value is -5.12. The summed E-state index contributed by atoms with van der Waals surface area (Å²) in [6, 6.07) is 16.9. The van der Waals surface area contributed by atoms with Gasteiger partial charge in [0, 0.05) is 67.0 Å². The number of nitrogens with zero attached hydrogens (tertiary/aromatic N) is 8. The van der Waals surface area contributed by atoms with Crippen molar-refractivity contribution in [2.45, 2.75) is 0 Å². The van der Waals surface area contributed by atoms with Crippen LogP contribution in [-0.2, 0) is 38.2 Å². The number of halogens is 4. The standard InChI is InChI=1S/C44H36N8.4ClH.Mn/c1-49-21-13-29(14-22-49)41-33-5-7-35(45-33)42(30-15-23-50(2)24-16-30)37-9-11-39(47-37)44(32-19-27-52(4)28-20-32)40-12-10-38(48-40)43(36-8-6-34(41)46-36)31-17-25-51(3)26-18-31;;;;;/h5-28H,1-4H3;4*1H;/q+2;;;;;+2. The monoisotopic (exact) mass is 875 g/mol. The van der Waals surface area contributed by atoms with Crippen molar-refractivity contribution in [2.24, 2.45) is 36.1 Å². The van der Waals surface area contributed by atoms with Crippen LogP contribution in [0.2, 0.25) is 0 Å². The molecule has 13 heteroatoms. The summed E-state index contributed by atoms with van der Waals surface area (Å²) in [6.45, 7) is 0. The molecule has 0 unspecified atom stereocenters. The number of hydrogen-bond donors (Lipinski definition) is 0. The van der Waals surface area contributed by atoms with Crippen LogP contribution in [0.5, 0.6) is 0 Å². The van der Waals surface area contributed by atoms with Gasteiger partial charge in [0.2, 0.25) is 0 Å². The topological polar surface area (TPSA) is 66.1 Å². The first-order valence-corrected chi connectivity index (χ1v) is 17.3. The van der Waals surface area contributed by atoms with Crippen LogP contribution >= 0.6 is 49.6 Å². The fourth-order valence-corrected chi connectivity index (χ4v) is 6.94. The molecule has 5 aliphatic heterocycles. The van der Waals surface area contributed by atoms with Crippen LogP contribution in [0.3, 0.4) is 0 Å². The second-order valence-electron chi connectivity index (χ2n) is 13.4. The summed E-state index contributed by atoms with van der Waals surface area (Å²) in [7, 11) is 8.10. The Morgan fingerprint density at radius 3 is 1.16 bits per heavy atom. The molecule has 0 saturated carbocycles. The number of aromatic nitrogens is 4. The third kappa shape index (κ3) is 8.60. The van der Waals surface area contributed by atoms with E-state index in [2.05, 4.69) is 147 Å². The number of aryl methyl sites for hydroxylation is 3. The van der Waals surface area contributed by atoms with Gasteiger partial charge in [-0.3, -0.25) is 0 Å². The Bertz CT molecular complexity index is 2560. The predicted molar refractivity (Wildman–Crippen MR) is 233 cm³/mol. The quantitative estimate of drug-likeness (QED) is 0.164. The van der Waals surface area contributed by atoms with Crippen LogP contribution in [0.1, 0.15) is 28.1 Å². The number of allylic oxidation sites excluding steroid dienone is 11. The van der Waals surface area contributed by atoms with Crippen molar-refractivity contribution >= 4 is 83.5 Å². The van der Waals surface area contributed by atoms with E-state index in [1.165, 1.54) is 0 Å². The summed E-state index contributed by atoms with van der Waals surface area (Å²) >= 11 is 0. The maximum Gasteiger partial charge on any atom is 2.00 e. The molecule has 4 aromatic heterocycles. The molecule has 1 radical (unpaired) electrons. The van der Waals surface area contributed by atoms with E-state index >= 15 is 0 Å². The van der Waals surface area contributed by atoms with Crippen molar-refractivity contribution in [2.75, 3.05) is 7.05 Å². The normalized spacial score (nSPS) is 16.1. The molecule has 287 valence electrons. The minimum atomic E-state index is 0. The summed E-state index contributed by atoms with van der Waals surface area (Å²) in [5.41, 5.74) is 14.7. The molecule has 0 fully saturated rings. The first kappa shape index (κ1) is 44.6. The molecule has 0 aliphatic carbocycles. The maximum absolute atomic E-state index is 5.35. The summed E-state index contributed by atoms with van der Waals surface area (Å²) in [6.07, 6.45) is 33.3. The fraction of sp³-hybridized carbons (Fsp3) is 0.0909. The molecule has 9 rings (SSSR count). The van der Waals surface area contributed by atoms with Crippen molar-refractivity contribution < 1.29 is 30.8 Å². The van der Waals surface area contributed by atoms with Crippen LogP contribution in [-0.4, -0.2) is 29.1 Å². The molecule has 0 N–H and O–H groups in total. The van der Waals surface area contributed by atoms with E-state index in [0.717, 1.165) is 90.2 Å².